The van der Waals surface area contributed by atoms with Crippen LogP contribution < -0.4 is 16.0 Å². The summed E-state index contributed by atoms with van der Waals surface area (Å²) >= 11 is 0. The molecule has 0 radical (unpaired) electrons. The van der Waals surface area contributed by atoms with E-state index in [1.165, 1.54) is 0 Å². The van der Waals surface area contributed by atoms with E-state index in [1.54, 1.807) is 0 Å². The standard InChI is InChI=1S/C24H30N10/c1-3-16(2)34-21-20(15-29-34)30-24(33-10-8-32(9-11-33)23(25)26)31-22(21)28-14-17-12-18-6-4-5-7-19(18)27-13-17/h4-7,12-13,15-16H,3,8-11,14H2,1-2H3,(H3,25,26)(H,28,30,31). The lowest BCUT2D eigenvalue weighted by atomic mass is 10.1. The number of para-hydroxylation sites is 1. The third kappa shape index (κ3) is 4.18. The van der Waals surface area contributed by atoms with Crippen LogP contribution in [0, 0.1) is 5.41 Å². The molecule has 1 fully saturated rings. The first kappa shape index (κ1) is 21.9. The topological polar surface area (TPSA) is 125 Å². The number of nitrogens with zero attached hydrogens (tertiary/aromatic N) is 7. The highest BCUT2D eigenvalue weighted by Crippen LogP contribution is 2.28. The second-order valence-corrected chi connectivity index (χ2v) is 8.70. The highest BCUT2D eigenvalue weighted by Gasteiger charge is 2.23. The number of anilines is 2. The summed E-state index contributed by atoms with van der Waals surface area (Å²) in [7, 11) is 0. The van der Waals surface area contributed by atoms with Crippen molar-refractivity contribution in [3.8, 4) is 0 Å². The predicted octanol–water partition coefficient (Wildman–Crippen LogP) is 2.97. The lowest BCUT2D eigenvalue weighted by Gasteiger charge is -2.35. The molecule has 0 spiro atoms. The van der Waals surface area contributed by atoms with Crippen LogP contribution in [-0.2, 0) is 6.54 Å². The normalized spacial score (nSPS) is 15.1. The molecular formula is C24H30N10. The van der Waals surface area contributed by atoms with Gasteiger partial charge in [-0.2, -0.15) is 10.1 Å². The van der Waals surface area contributed by atoms with Gasteiger partial charge in [0.15, 0.2) is 11.8 Å². The van der Waals surface area contributed by atoms with Crippen LogP contribution in [0.5, 0.6) is 0 Å². The molecule has 1 unspecified atom stereocenters. The minimum Gasteiger partial charge on any atom is -0.370 e. The Morgan fingerprint density at radius 3 is 2.68 bits per heavy atom. The summed E-state index contributed by atoms with van der Waals surface area (Å²) < 4.78 is 2.01. The van der Waals surface area contributed by atoms with Gasteiger partial charge < -0.3 is 20.9 Å². The fourth-order valence-corrected chi connectivity index (χ4v) is 4.27. The van der Waals surface area contributed by atoms with Crippen molar-refractivity contribution in [2.45, 2.75) is 32.9 Å². The Morgan fingerprint density at radius 1 is 1.12 bits per heavy atom. The van der Waals surface area contributed by atoms with Gasteiger partial charge in [-0.25, -0.2) is 4.98 Å². The summed E-state index contributed by atoms with van der Waals surface area (Å²) in [5.41, 5.74) is 9.45. The molecule has 34 heavy (non-hydrogen) atoms. The van der Waals surface area contributed by atoms with Gasteiger partial charge >= 0.3 is 0 Å². The van der Waals surface area contributed by atoms with Crippen molar-refractivity contribution in [1.29, 1.82) is 5.41 Å². The van der Waals surface area contributed by atoms with Crippen LogP contribution in [0.1, 0.15) is 31.9 Å². The molecule has 176 valence electrons. The van der Waals surface area contributed by atoms with Crippen molar-refractivity contribution in [3.63, 3.8) is 0 Å². The van der Waals surface area contributed by atoms with Crippen LogP contribution in [0.2, 0.25) is 0 Å². The Morgan fingerprint density at radius 2 is 1.91 bits per heavy atom. The third-order valence-electron chi connectivity index (χ3n) is 6.45. The highest BCUT2D eigenvalue weighted by atomic mass is 15.4. The van der Waals surface area contributed by atoms with E-state index < -0.39 is 0 Å². The van der Waals surface area contributed by atoms with Gasteiger partial charge in [-0.15, -0.1) is 0 Å². The summed E-state index contributed by atoms with van der Waals surface area (Å²) in [4.78, 5) is 18.4. The van der Waals surface area contributed by atoms with E-state index in [9.17, 15) is 0 Å². The molecule has 4 heterocycles. The number of aromatic nitrogens is 5. The van der Waals surface area contributed by atoms with Crippen LogP contribution in [-0.4, -0.2) is 61.8 Å². The second kappa shape index (κ2) is 9.12. The maximum absolute atomic E-state index is 7.68. The average molecular weight is 459 g/mol. The Labute approximate surface area is 198 Å². The molecule has 1 aliphatic heterocycles. The van der Waals surface area contributed by atoms with Gasteiger partial charge in [0.05, 0.1) is 11.7 Å². The molecule has 1 aromatic carbocycles. The minimum absolute atomic E-state index is 0.109. The number of benzene rings is 1. The third-order valence-corrected chi connectivity index (χ3v) is 6.45. The first-order valence-electron chi connectivity index (χ1n) is 11.7. The molecule has 1 atom stereocenters. The van der Waals surface area contributed by atoms with E-state index in [2.05, 4.69) is 46.3 Å². The van der Waals surface area contributed by atoms with E-state index in [0.717, 1.165) is 39.7 Å². The van der Waals surface area contributed by atoms with Gasteiger partial charge in [0.25, 0.3) is 0 Å². The number of rotatable bonds is 6. The van der Waals surface area contributed by atoms with Gasteiger partial charge in [-0.1, -0.05) is 25.1 Å². The molecule has 0 bridgehead atoms. The van der Waals surface area contributed by atoms with Crippen molar-refractivity contribution in [1.82, 2.24) is 29.6 Å². The number of hydrogen-bond acceptors (Lipinski definition) is 7. The highest BCUT2D eigenvalue weighted by molar-refractivity contribution is 5.87. The van der Waals surface area contributed by atoms with E-state index in [4.69, 9.17) is 21.1 Å². The lowest BCUT2D eigenvalue weighted by Crippen LogP contribution is -2.51. The fraction of sp³-hybridized carbons (Fsp3) is 0.375. The number of fused-ring (bicyclic) bond motifs is 2. The maximum atomic E-state index is 7.68. The van der Waals surface area contributed by atoms with Crippen molar-refractivity contribution >= 4 is 39.7 Å². The zero-order chi connectivity index (χ0) is 23.7. The lowest BCUT2D eigenvalue weighted by molar-refractivity contribution is 0.377. The van der Waals surface area contributed by atoms with Crippen molar-refractivity contribution < 1.29 is 0 Å². The summed E-state index contributed by atoms with van der Waals surface area (Å²) in [6.45, 7) is 7.65. The minimum atomic E-state index is 0.109. The van der Waals surface area contributed by atoms with E-state index >= 15 is 0 Å². The molecule has 5 rings (SSSR count). The molecule has 1 aliphatic rings. The van der Waals surface area contributed by atoms with Crippen LogP contribution >= 0.6 is 0 Å². The Kier molecular flexibility index (Phi) is 5.87. The zero-order valence-electron chi connectivity index (χ0n) is 19.6. The smallest absolute Gasteiger partial charge is 0.228 e. The van der Waals surface area contributed by atoms with Crippen LogP contribution in [0.3, 0.4) is 0 Å². The van der Waals surface area contributed by atoms with Gasteiger partial charge in [0, 0.05) is 50.3 Å². The summed E-state index contributed by atoms with van der Waals surface area (Å²) in [6.07, 6.45) is 4.68. The molecule has 10 nitrogen and oxygen atoms in total. The molecule has 4 aromatic rings. The van der Waals surface area contributed by atoms with Crippen molar-refractivity contribution in [2.24, 2.45) is 5.73 Å². The SMILES string of the molecule is CCC(C)n1ncc2nc(N3CCN(C(=N)N)CC3)nc(NCc3cnc4ccccc4c3)c21. The Bertz CT molecular complexity index is 1320. The Balaban J connectivity index is 1.47. The van der Waals surface area contributed by atoms with Crippen LogP contribution in [0.25, 0.3) is 21.9 Å². The number of hydrogen-bond donors (Lipinski definition) is 3. The van der Waals surface area contributed by atoms with Gasteiger partial charge in [0.1, 0.15) is 11.0 Å². The second-order valence-electron chi connectivity index (χ2n) is 8.70. The molecule has 4 N–H and O–H groups in total. The molecule has 10 heteroatoms. The van der Waals surface area contributed by atoms with Crippen molar-refractivity contribution in [3.05, 3.63) is 48.3 Å². The monoisotopic (exact) mass is 458 g/mol. The first-order chi connectivity index (χ1) is 16.5. The van der Waals surface area contributed by atoms with Crippen LogP contribution in [0.4, 0.5) is 11.8 Å². The van der Waals surface area contributed by atoms with Crippen LogP contribution in [0.15, 0.2) is 42.7 Å². The number of pyridine rings is 1. The molecule has 0 saturated carbocycles. The zero-order valence-corrected chi connectivity index (χ0v) is 19.6. The van der Waals surface area contributed by atoms with Crippen molar-refractivity contribution in [2.75, 3.05) is 36.4 Å². The van der Waals surface area contributed by atoms with Gasteiger partial charge in [-0.05, 0) is 31.0 Å². The molecule has 0 aliphatic carbocycles. The van der Waals surface area contributed by atoms with E-state index in [1.807, 2.05) is 40.2 Å². The fourth-order valence-electron chi connectivity index (χ4n) is 4.27. The first-order valence-corrected chi connectivity index (χ1v) is 11.7. The summed E-state index contributed by atoms with van der Waals surface area (Å²) in [5.74, 6) is 1.54. The van der Waals surface area contributed by atoms with E-state index in [0.29, 0.717) is 38.7 Å². The number of guanidine groups is 1. The number of piperazine rings is 1. The van der Waals surface area contributed by atoms with E-state index in [-0.39, 0.29) is 12.0 Å². The Hall–Kier alpha value is -3.95. The molecule has 3 aromatic heterocycles. The number of nitrogens with two attached hydrogens (primary N) is 1. The average Bonchev–Trinajstić information content (AvgIpc) is 3.31. The maximum Gasteiger partial charge on any atom is 0.228 e. The summed E-state index contributed by atoms with van der Waals surface area (Å²) in [5, 5.41) is 17.0. The quantitative estimate of drug-likeness (QED) is 0.297. The predicted molar refractivity (Wildman–Crippen MR) is 135 cm³/mol. The largest absolute Gasteiger partial charge is 0.370 e. The molecule has 1 saturated heterocycles. The molecular weight excluding hydrogens is 428 g/mol. The van der Waals surface area contributed by atoms with Gasteiger partial charge in [-0.3, -0.25) is 15.1 Å². The molecule has 0 amide bonds. The van der Waals surface area contributed by atoms with Gasteiger partial charge in [0.2, 0.25) is 5.95 Å². The number of nitrogens with one attached hydrogen (secondary N) is 2. The summed E-state index contributed by atoms with van der Waals surface area (Å²) in [6, 6.07) is 10.5.